The summed E-state index contributed by atoms with van der Waals surface area (Å²) in [5.74, 6) is 5.77. The number of halogens is 1. The van der Waals surface area contributed by atoms with Crippen molar-refractivity contribution in [2.75, 3.05) is 0 Å². The Hall–Kier alpha value is -0.0900. The summed E-state index contributed by atoms with van der Waals surface area (Å²) in [4.78, 5) is 1.20. The summed E-state index contributed by atoms with van der Waals surface area (Å²) >= 11 is 7.93. The van der Waals surface area contributed by atoms with E-state index in [1.54, 1.807) is 11.3 Å². The maximum Gasteiger partial charge on any atom is 0.0624 e. The lowest BCUT2D eigenvalue weighted by Gasteiger charge is -2.36. The first-order valence-electron chi connectivity index (χ1n) is 5.92. The fourth-order valence-electron chi connectivity index (χ4n) is 2.97. The molecule has 3 N–H and O–H groups in total. The first kappa shape index (κ1) is 12.4. The summed E-state index contributed by atoms with van der Waals surface area (Å²) in [5, 5.41) is 2.90. The second kappa shape index (κ2) is 5.05. The Morgan fingerprint density at radius 2 is 2.25 bits per heavy atom. The normalized spacial score (nSPS) is 21.2. The van der Waals surface area contributed by atoms with Crippen LogP contribution in [-0.4, -0.2) is 0 Å². The van der Waals surface area contributed by atoms with Crippen molar-refractivity contribution in [2.45, 2.75) is 45.1 Å². The van der Waals surface area contributed by atoms with Crippen LogP contribution in [0.1, 0.15) is 49.9 Å². The number of nitrogens with one attached hydrogen (secondary N) is 1. The molecule has 1 aliphatic carbocycles. The number of nitrogens with two attached hydrogens (primary N) is 1. The topological polar surface area (TPSA) is 38.0 Å². The van der Waals surface area contributed by atoms with Crippen molar-refractivity contribution in [1.29, 1.82) is 0 Å². The van der Waals surface area contributed by atoms with Gasteiger partial charge in [0, 0.05) is 4.88 Å². The van der Waals surface area contributed by atoms with E-state index >= 15 is 0 Å². The average Bonchev–Trinajstić information content (AvgIpc) is 2.91. The van der Waals surface area contributed by atoms with Gasteiger partial charge in [-0.25, -0.2) is 0 Å². The zero-order chi connectivity index (χ0) is 11.6. The van der Waals surface area contributed by atoms with Gasteiger partial charge >= 0.3 is 0 Å². The van der Waals surface area contributed by atoms with E-state index in [4.69, 9.17) is 17.4 Å². The molecule has 2 rings (SSSR count). The van der Waals surface area contributed by atoms with Crippen molar-refractivity contribution in [1.82, 2.24) is 5.43 Å². The van der Waals surface area contributed by atoms with E-state index < -0.39 is 0 Å². The first-order chi connectivity index (χ1) is 7.73. The van der Waals surface area contributed by atoms with Gasteiger partial charge in [-0.2, -0.15) is 0 Å². The molecule has 90 valence electrons. The first-order valence-corrected chi connectivity index (χ1v) is 7.18. The maximum atomic E-state index is 6.23. The highest BCUT2D eigenvalue weighted by atomic mass is 35.5. The summed E-state index contributed by atoms with van der Waals surface area (Å²) in [6, 6.07) is 2.18. The molecule has 1 aromatic rings. The predicted octanol–water partition coefficient (Wildman–Crippen LogP) is 3.88. The van der Waals surface area contributed by atoms with Crippen molar-refractivity contribution < 1.29 is 0 Å². The third kappa shape index (κ3) is 2.02. The highest BCUT2D eigenvalue weighted by Gasteiger charge is 2.41. The zero-order valence-corrected chi connectivity index (χ0v) is 11.2. The molecule has 0 saturated heterocycles. The highest BCUT2D eigenvalue weighted by molar-refractivity contribution is 7.10. The molecule has 1 aromatic heterocycles. The monoisotopic (exact) mass is 258 g/mol. The molecular formula is C12H19ClN2S. The fraction of sp³-hybridized carbons (Fsp3) is 0.667. The minimum Gasteiger partial charge on any atom is -0.271 e. The van der Waals surface area contributed by atoms with Gasteiger partial charge in [0.1, 0.15) is 0 Å². The smallest absolute Gasteiger partial charge is 0.0624 e. The number of rotatable bonds is 4. The highest BCUT2D eigenvalue weighted by Crippen LogP contribution is 2.51. The van der Waals surface area contributed by atoms with E-state index in [-0.39, 0.29) is 6.04 Å². The lowest BCUT2D eigenvalue weighted by atomic mass is 9.76. The van der Waals surface area contributed by atoms with Gasteiger partial charge < -0.3 is 0 Å². The van der Waals surface area contributed by atoms with Gasteiger partial charge in [-0.1, -0.05) is 31.4 Å². The summed E-state index contributed by atoms with van der Waals surface area (Å²) in [6.07, 6.45) is 6.30. The zero-order valence-electron chi connectivity index (χ0n) is 9.63. The van der Waals surface area contributed by atoms with Crippen LogP contribution in [0.2, 0.25) is 5.02 Å². The van der Waals surface area contributed by atoms with Crippen molar-refractivity contribution in [3.8, 4) is 0 Å². The van der Waals surface area contributed by atoms with Crippen LogP contribution in [0.5, 0.6) is 0 Å². The Labute approximate surface area is 106 Å². The van der Waals surface area contributed by atoms with E-state index in [2.05, 4.69) is 12.3 Å². The molecule has 0 radical (unpaired) electrons. The molecule has 1 aliphatic rings. The molecule has 1 unspecified atom stereocenters. The molecule has 4 heteroatoms. The van der Waals surface area contributed by atoms with E-state index in [0.29, 0.717) is 5.41 Å². The Balaban J connectivity index is 2.31. The van der Waals surface area contributed by atoms with E-state index in [0.717, 1.165) is 11.4 Å². The van der Waals surface area contributed by atoms with E-state index in [1.807, 2.05) is 11.4 Å². The lowest BCUT2D eigenvalue weighted by molar-refractivity contribution is 0.191. The van der Waals surface area contributed by atoms with Gasteiger partial charge in [0.2, 0.25) is 0 Å². The second-order valence-corrected chi connectivity index (χ2v) is 6.01. The van der Waals surface area contributed by atoms with Crippen LogP contribution in [0.4, 0.5) is 0 Å². The molecule has 1 saturated carbocycles. The summed E-state index contributed by atoms with van der Waals surface area (Å²) < 4.78 is 0. The number of hydrogen-bond donors (Lipinski definition) is 2. The quantitative estimate of drug-likeness (QED) is 0.635. The molecule has 1 heterocycles. The predicted molar refractivity (Wildman–Crippen MR) is 70.6 cm³/mol. The Morgan fingerprint density at radius 1 is 1.56 bits per heavy atom. The van der Waals surface area contributed by atoms with Crippen molar-refractivity contribution in [3.63, 3.8) is 0 Å². The molecule has 16 heavy (non-hydrogen) atoms. The lowest BCUT2D eigenvalue weighted by Crippen LogP contribution is -2.39. The van der Waals surface area contributed by atoms with Crippen LogP contribution < -0.4 is 11.3 Å². The largest absolute Gasteiger partial charge is 0.271 e. The number of hydrogen-bond acceptors (Lipinski definition) is 3. The third-order valence-corrected chi connectivity index (χ3v) is 5.41. The maximum absolute atomic E-state index is 6.23. The van der Waals surface area contributed by atoms with Gasteiger partial charge in [0.15, 0.2) is 0 Å². The average molecular weight is 259 g/mol. The second-order valence-electron chi connectivity index (χ2n) is 4.66. The molecule has 0 aliphatic heterocycles. The molecular weight excluding hydrogens is 240 g/mol. The van der Waals surface area contributed by atoms with Crippen LogP contribution >= 0.6 is 22.9 Å². The van der Waals surface area contributed by atoms with Crippen LogP contribution in [0.3, 0.4) is 0 Å². The van der Waals surface area contributed by atoms with Crippen molar-refractivity contribution in [3.05, 3.63) is 21.3 Å². The Morgan fingerprint density at radius 3 is 2.69 bits per heavy atom. The Bertz CT molecular complexity index is 345. The van der Waals surface area contributed by atoms with Crippen LogP contribution in [0.15, 0.2) is 11.4 Å². The molecule has 1 fully saturated rings. The van der Waals surface area contributed by atoms with Gasteiger partial charge in [-0.3, -0.25) is 11.3 Å². The summed E-state index contributed by atoms with van der Waals surface area (Å²) in [5.41, 5.74) is 3.31. The Kier molecular flexibility index (Phi) is 3.90. The minimum atomic E-state index is 0.215. The molecule has 1 atom stereocenters. The van der Waals surface area contributed by atoms with Gasteiger partial charge in [-0.15, -0.1) is 11.3 Å². The number of hydrazine groups is 1. The molecule has 0 aromatic carbocycles. The molecule has 0 spiro atoms. The van der Waals surface area contributed by atoms with Crippen molar-refractivity contribution >= 4 is 22.9 Å². The van der Waals surface area contributed by atoms with Gasteiger partial charge in [0.25, 0.3) is 0 Å². The minimum absolute atomic E-state index is 0.215. The van der Waals surface area contributed by atoms with E-state index in [9.17, 15) is 0 Å². The third-order valence-electron chi connectivity index (χ3n) is 3.99. The summed E-state index contributed by atoms with van der Waals surface area (Å²) in [6.45, 7) is 2.26. The molecule has 0 bridgehead atoms. The SMILES string of the molecule is CCC1(C(NN)c2sccc2Cl)CCCC1. The summed E-state index contributed by atoms with van der Waals surface area (Å²) in [7, 11) is 0. The van der Waals surface area contributed by atoms with Crippen LogP contribution in [-0.2, 0) is 0 Å². The van der Waals surface area contributed by atoms with Crippen LogP contribution in [0, 0.1) is 5.41 Å². The number of thiophene rings is 1. The molecule has 2 nitrogen and oxygen atoms in total. The van der Waals surface area contributed by atoms with E-state index in [1.165, 1.54) is 30.6 Å². The van der Waals surface area contributed by atoms with Crippen LogP contribution in [0.25, 0.3) is 0 Å². The fourth-order valence-corrected chi connectivity index (χ4v) is 4.33. The van der Waals surface area contributed by atoms with Crippen molar-refractivity contribution in [2.24, 2.45) is 11.3 Å². The van der Waals surface area contributed by atoms with Gasteiger partial charge in [0.05, 0.1) is 11.1 Å². The molecule has 0 amide bonds. The van der Waals surface area contributed by atoms with Gasteiger partial charge in [-0.05, 0) is 36.1 Å². The standard InChI is InChI=1S/C12H19ClN2S/c1-2-12(6-3-4-7-12)11(15-14)10-9(13)5-8-16-10/h5,8,11,15H,2-4,6-7,14H2,1H3.